The largest absolute Gasteiger partial charge is 0.381 e. The molecule has 0 aromatic heterocycles. The fourth-order valence-corrected chi connectivity index (χ4v) is 3.01. The Kier molecular flexibility index (Phi) is 9.83. The Morgan fingerprint density at radius 3 is 2.75 bits per heavy atom. The standard InChI is InChI=1S/C20H31N5O2.HI/c1-21-20(23-9-2-12-27-15-17-3-4-17)24-13-16-5-7-18(8-6-16)25-11-10-22-19(26)14-25;/h5-8,17H,2-4,9-15H2,1H3,(H,22,26)(H2,21,23,24);1H. The third-order valence-corrected chi connectivity index (χ3v) is 4.83. The fourth-order valence-electron chi connectivity index (χ4n) is 3.01. The predicted molar refractivity (Wildman–Crippen MR) is 123 cm³/mol. The first-order chi connectivity index (χ1) is 13.2. The zero-order chi connectivity index (χ0) is 18.9. The molecule has 7 nitrogen and oxygen atoms in total. The molecule has 1 aliphatic heterocycles. The van der Waals surface area contributed by atoms with Gasteiger partial charge in [-0.2, -0.15) is 0 Å². The van der Waals surface area contributed by atoms with E-state index >= 15 is 0 Å². The van der Waals surface area contributed by atoms with Crippen LogP contribution in [0.2, 0.25) is 0 Å². The quantitative estimate of drug-likeness (QED) is 0.208. The minimum atomic E-state index is 0. The number of amides is 1. The number of halogens is 1. The molecule has 0 atom stereocenters. The summed E-state index contributed by atoms with van der Waals surface area (Å²) in [6.07, 6.45) is 3.65. The average molecular weight is 501 g/mol. The van der Waals surface area contributed by atoms with E-state index in [9.17, 15) is 4.79 Å². The molecule has 3 N–H and O–H groups in total. The number of ether oxygens (including phenoxy) is 1. The molecule has 2 fully saturated rings. The molecule has 0 bridgehead atoms. The van der Waals surface area contributed by atoms with Crippen molar-refractivity contribution in [2.24, 2.45) is 10.9 Å². The summed E-state index contributed by atoms with van der Waals surface area (Å²) in [7, 11) is 1.78. The zero-order valence-corrected chi connectivity index (χ0v) is 18.9. The molecule has 3 rings (SSSR count). The van der Waals surface area contributed by atoms with Crippen LogP contribution in [0.3, 0.4) is 0 Å². The highest BCUT2D eigenvalue weighted by atomic mass is 127. The van der Waals surface area contributed by atoms with Crippen molar-refractivity contribution in [1.82, 2.24) is 16.0 Å². The molecule has 8 heteroatoms. The summed E-state index contributed by atoms with van der Waals surface area (Å²) in [5, 5.41) is 9.50. The number of hydrogen-bond donors (Lipinski definition) is 3. The van der Waals surface area contributed by atoms with Gasteiger partial charge in [-0.25, -0.2) is 0 Å². The van der Waals surface area contributed by atoms with E-state index in [4.69, 9.17) is 4.74 Å². The first-order valence-corrected chi connectivity index (χ1v) is 9.87. The summed E-state index contributed by atoms with van der Waals surface area (Å²) in [5.41, 5.74) is 2.26. The van der Waals surface area contributed by atoms with Crippen molar-refractivity contribution < 1.29 is 9.53 Å². The number of rotatable bonds is 9. The highest BCUT2D eigenvalue weighted by Crippen LogP contribution is 2.28. The van der Waals surface area contributed by atoms with Gasteiger partial charge >= 0.3 is 0 Å². The highest BCUT2D eigenvalue weighted by Gasteiger charge is 2.20. The normalized spacial score (nSPS) is 17.0. The predicted octanol–water partition coefficient (Wildman–Crippen LogP) is 1.72. The van der Waals surface area contributed by atoms with Crippen LogP contribution in [0.25, 0.3) is 0 Å². The smallest absolute Gasteiger partial charge is 0.239 e. The number of hydrogen-bond acceptors (Lipinski definition) is 4. The molecule has 1 aromatic rings. The van der Waals surface area contributed by atoms with E-state index < -0.39 is 0 Å². The first kappa shape index (κ1) is 22.7. The lowest BCUT2D eigenvalue weighted by atomic mass is 10.2. The van der Waals surface area contributed by atoms with E-state index in [-0.39, 0.29) is 29.9 Å². The Morgan fingerprint density at radius 1 is 1.29 bits per heavy atom. The number of nitrogens with one attached hydrogen (secondary N) is 3. The molecule has 1 saturated carbocycles. The SMILES string of the molecule is CN=C(NCCCOCC1CC1)NCc1ccc(N2CCNC(=O)C2)cc1.I. The van der Waals surface area contributed by atoms with Crippen molar-refractivity contribution >= 4 is 41.5 Å². The van der Waals surface area contributed by atoms with Gasteiger partial charge in [0, 0.05) is 52.1 Å². The van der Waals surface area contributed by atoms with Crippen LogP contribution in [0.4, 0.5) is 5.69 Å². The number of nitrogens with zero attached hydrogens (tertiary/aromatic N) is 2. The molecule has 0 radical (unpaired) electrons. The fraction of sp³-hybridized carbons (Fsp3) is 0.600. The lowest BCUT2D eigenvalue weighted by Gasteiger charge is -2.28. The number of guanidine groups is 1. The second kappa shape index (κ2) is 12.1. The highest BCUT2D eigenvalue weighted by molar-refractivity contribution is 14.0. The van der Waals surface area contributed by atoms with Gasteiger partial charge < -0.3 is 25.6 Å². The van der Waals surface area contributed by atoms with Gasteiger partial charge in [-0.3, -0.25) is 9.79 Å². The summed E-state index contributed by atoms with van der Waals surface area (Å²) in [6, 6.07) is 8.33. The van der Waals surface area contributed by atoms with Crippen LogP contribution in [0.5, 0.6) is 0 Å². The van der Waals surface area contributed by atoms with E-state index in [0.29, 0.717) is 19.6 Å². The van der Waals surface area contributed by atoms with Crippen LogP contribution in [0, 0.1) is 5.92 Å². The molecular formula is C20H32IN5O2. The Labute approximate surface area is 184 Å². The summed E-state index contributed by atoms with van der Waals surface area (Å²) in [6.45, 7) is 5.26. The Bertz CT molecular complexity index is 634. The molecule has 1 aromatic carbocycles. The molecule has 28 heavy (non-hydrogen) atoms. The summed E-state index contributed by atoms with van der Waals surface area (Å²) < 4.78 is 5.64. The lowest BCUT2D eigenvalue weighted by molar-refractivity contribution is -0.120. The van der Waals surface area contributed by atoms with Gasteiger partial charge in [-0.15, -0.1) is 24.0 Å². The van der Waals surface area contributed by atoms with Crippen molar-refractivity contribution in [2.75, 3.05) is 51.3 Å². The molecule has 0 spiro atoms. The number of carbonyl (C=O) groups excluding carboxylic acids is 1. The minimum absolute atomic E-state index is 0. The third-order valence-electron chi connectivity index (χ3n) is 4.83. The van der Waals surface area contributed by atoms with Crippen molar-refractivity contribution in [3.05, 3.63) is 29.8 Å². The molecular weight excluding hydrogens is 469 g/mol. The van der Waals surface area contributed by atoms with Gasteiger partial charge in [-0.05, 0) is 42.9 Å². The Morgan fingerprint density at radius 2 is 2.07 bits per heavy atom. The maximum atomic E-state index is 11.5. The number of carbonyl (C=O) groups is 1. The van der Waals surface area contributed by atoms with E-state index in [0.717, 1.165) is 50.3 Å². The van der Waals surface area contributed by atoms with Crippen molar-refractivity contribution in [2.45, 2.75) is 25.8 Å². The van der Waals surface area contributed by atoms with E-state index in [1.165, 1.54) is 18.4 Å². The van der Waals surface area contributed by atoms with Gasteiger partial charge in [-0.1, -0.05) is 12.1 Å². The third kappa shape index (κ3) is 7.83. The van der Waals surface area contributed by atoms with Crippen LogP contribution in [0.1, 0.15) is 24.8 Å². The lowest BCUT2D eigenvalue weighted by Crippen LogP contribution is -2.47. The molecule has 1 saturated heterocycles. The molecule has 2 aliphatic rings. The van der Waals surface area contributed by atoms with Gasteiger partial charge in [0.2, 0.25) is 5.91 Å². The number of benzene rings is 1. The summed E-state index contributed by atoms with van der Waals surface area (Å²) in [4.78, 5) is 17.9. The monoisotopic (exact) mass is 501 g/mol. The maximum Gasteiger partial charge on any atom is 0.239 e. The van der Waals surface area contributed by atoms with E-state index in [1.807, 2.05) is 0 Å². The molecule has 1 heterocycles. The van der Waals surface area contributed by atoms with Gasteiger partial charge in [0.25, 0.3) is 0 Å². The zero-order valence-electron chi connectivity index (χ0n) is 16.6. The van der Waals surface area contributed by atoms with Gasteiger partial charge in [0.15, 0.2) is 5.96 Å². The van der Waals surface area contributed by atoms with Crippen molar-refractivity contribution in [3.63, 3.8) is 0 Å². The second-order valence-corrected chi connectivity index (χ2v) is 7.16. The second-order valence-electron chi connectivity index (χ2n) is 7.16. The van der Waals surface area contributed by atoms with Gasteiger partial charge in [0.05, 0.1) is 6.54 Å². The first-order valence-electron chi connectivity index (χ1n) is 9.87. The maximum absolute atomic E-state index is 11.5. The van der Waals surface area contributed by atoms with Crippen LogP contribution >= 0.6 is 24.0 Å². The number of piperazine rings is 1. The topological polar surface area (TPSA) is 78.0 Å². The van der Waals surface area contributed by atoms with E-state index in [2.05, 4.69) is 50.1 Å². The Hall–Kier alpha value is -1.55. The number of anilines is 1. The van der Waals surface area contributed by atoms with Crippen molar-refractivity contribution in [1.29, 1.82) is 0 Å². The minimum Gasteiger partial charge on any atom is -0.381 e. The molecule has 1 amide bonds. The van der Waals surface area contributed by atoms with Crippen LogP contribution in [-0.2, 0) is 16.1 Å². The molecule has 0 unspecified atom stereocenters. The van der Waals surface area contributed by atoms with E-state index in [1.54, 1.807) is 7.05 Å². The molecule has 1 aliphatic carbocycles. The summed E-state index contributed by atoms with van der Waals surface area (Å²) >= 11 is 0. The average Bonchev–Trinajstić information content (AvgIpc) is 3.52. The molecule has 156 valence electrons. The summed E-state index contributed by atoms with van der Waals surface area (Å²) in [5.74, 6) is 1.71. The van der Waals surface area contributed by atoms with Gasteiger partial charge in [0.1, 0.15) is 0 Å². The Balaban J connectivity index is 0.00000280. The van der Waals surface area contributed by atoms with Crippen molar-refractivity contribution in [3.8, 4) is 0 Å². The van der Waals surface area contributed by atoms with Crippen LogP contribution < -0.4 is 20.9 Å². The van der Waals surface area contributed by atoms with Crippen LogP contribution in [0.15, 0.2) is 29.3 Å². The number of aliphatic imine (C=N–C) groups is 1. The van der Waals surface area contributed by atoms with Crippen LogP contribution in [-0.4, -0.2) is 58.3 Å².